The first kappa shape index (κ1) is 24.6. The van der Waals surface area contributed by atoms with Crippen molar-refractivity contribution in [1.29, 1.82) is 0 Å². The van der Waals surface area contributed by atoms with E-state index in [0.717, 1.165) is 28.6 Å². The number of aromatic amines is 1. The molecule has 0 aliphatic heterocycles. The molecule has 8 heteroatoms. The zero-order valence-electron chi connectivity index (χ0n) is 19.6. The van der Waals surface area contributed by atoms with Crippen LogP contribution >= 0.6 is 0 Å². The van der Waals surface area contributed by atoms with E-state index in [0.29, 0.717) is 29.9 Å². The molecule has 0 unspecified atom stereocenters. The van der Waals surface area contributed by atoms with Crippen LogP contribution < -0.4 is 10.3 Å². The topological polar surface area (TPSA) is 79.5 Å². The largest absolute Gasteiger partial charge is 0.494 e. The molecule has 0 amide bonds. The highest BCUT2D eigenvalue weighted by atomic mass is 32.2. The molecule has 0 atom stereocenters. The summed E-state index contributed by atoms with van der Waals surface area (Å²) in [5.41, 5.74) is 2.64. The normalized spacial score (nSPS) is 11.8. The smallest absolute Gasteiger partial charge is 0.252 e. The van der Waals surface area contributed by atoms with Gasteiger partial charge >= 0.3 is 0 Å². The minimum Gasteiger partial charge on any atom is -0.494 e. The third kappa shape index (κ3) is 5.78. The molecule has 0 aliphatic rings. The van der Waals surface area contributed by atoms with Gasteiger partial charge in [-0.25, -0.2) is 12.8 Å². The molecule has 0 saturated carbocycles. The average Bonchev–Trinajstić information content (AvgIpc) is 2.82. The molecule has 0 radical (unpaired) electrons. The highest BCUT2D eigenvalue weighted by Gasteiger charge is 2.26. The van der Waals surface area contributed by atoms with Crippen molar-refractivity contribution < 1.29 is 17.5 Å². The number of pyridine rings is 1. The Balaban J connectivity index is 1.71. The van der Waals surface area contributed by atoms with Gasteiger partial charge in [0.25, 0.3) is 5.56 Å². The highest BCUT2D eigenvalue weighted by molar-refractivity contribution is 7.89. The van der Waals surface area contributed by atoms with Gasteiger partial charge in [0.2, 0.25) is 10.0 Å². The fourth-order valence-corrected chi connectivity index (χ4v) is 5.37. The van der Waals surface area contributed by atoms with Crippen LogP contribution in [0.25, 0.3) is 10.9 Å². The number of aromatic nitrogens is 1. The monoisotopic (exact) mass is 494 g/mol. The maximum atomic E-state index is 13.5. The van der Waals surface area contributed by atoms with Gasteiger partial charge in [-0.15, -0.1) is 0 Å². The summed E-state index contributed by atoms with van der Waals surface area (Å²) in [7, 11) is -3.99. The number of ether oxygens (including phenoxy) is 1. The van der Waals surface area contributed by atoms with Gasteiger partial charge in [-0.3, -0.25) is 4.79 Å². The summed E-state index contributed by atoms with van der Waals surface area (Å²) in [6.45, 7) is 4.39. The number of benzene rings is 3. The van der Waals surface area contributed by atoms with Crippen LogP contribution in [0.3, 0.4) is 0 Å². The Labute approximate surface area is 204 Å². The van der Waals surface area contributed by atoms with Crippen molar-refractivity contribution in [2.24, 2.45) is 0 Å². The van der Waals surface area contributed by atoms with E-state index in [9.17, 15) is 17.6 Å². The van der Waals surface area contributed by atoms with E-state index in [1.165, 1.54) is 16.4 Å². The van der Waals surface area contributed by atoms with Gasteiger partial charge in [-0.05, 0) is 74.4 Å². The number of H-pyrrole nitrogens is 1. The number of fused-ring (bicyclic) bond motifs is 1. The second-order valence-corrected chi connectivity index (χ2v) is 10.3. The van der Waals surface area contributed by atoms with E-state index in [-0.39, 0.29) is 23.5 Å². The van der Waals surface area contributed by atoms with Gasteiger partial charge in [-0.2, -0.15) is 4.31 Å². The van der Waals surface area contributed by atoms with Crippen molar-refractivity contribution >= 4 is 20.9 Å². The van der Waals surface area contributed by atoms with E-state index >= 15 is 0 Å². The second kappa shape index (κ2) is 10.4. The summed E-state index contributed by atoms with van der Waals surface area (Å²) in [6.07, 6.45) is 0.460. The SMILES string of the molecule is CCOc1ccc2[nH]c(=O)c(CN(CCc3cccc(C)c3)S(=O)(=O)c3ccc(F)cc3)cc2c1. The quantitative estimate of drug-likeness (QED) is 0.362. The Morgan fingerprint density at radius 3 is 2.49 bits per heavy atom. The van der Waals surface area contributed by atoms with Crippen LogP contribution in [0.5, 0.6) is 5.75 Å². The molecular weight excluding hydrogens is 467 g/mol. The zero-order valence-corrected chi connectivity index (χ0v) is 20.4. The molecule has 0 saturated heterocycles. The van der Waals surface area contributed by atoms with Crippen molar-refractivity contribution in [1.82, 2.24) is 9.29 Å². The first-order valence-electron chi connectivity index (χ1n) is 11.4. The van der Waals surface area contributed by atoms with Crippen LogP contribution in [0.4, 0.5) is 4.39 Å². The van der Waals surface area contributed by atoms with Gasteiger partial charge in [-0.1, -0.05) is 29.8 Å². The number of nitrogens with one attached hydrogen (secondary N) is 1. The summed E-state index contributed by atoms with van der Waals surface area (Å²) in [6, 6.07) is 19.6. The number of hydrogen-bond donors (Lipinski definition) is 1. The van der Waals surface area contributed by atoms with E-state index in [1.54, 1.807) is 18.2 Å². The lowest BCUT2D eigenvalue weighted by molar-refractivity contribution is 0.340. The summed E-state index contributed by atoms with van der Waals surface area (Å²) >= 11 is 0. The van der Waals surface area contributed by atoms with Gasteiger partial charge < -0.3 is 9.72 Å². The van der Waals surface area contributed by atoms with Crippen LogP contribution in [0.1, 0.15) is 23.6 Å². The van der Waals surface area contributed by atoms with Crippen LogP contribution in [0.2, 0.25) is 0 Å². The van der Waals surface area contributed by atoms with Crippen molar-refractivity contribution in [2.45, 2.75) is 31.7 Å². The fraction of sp³-hybridized carbons (Fsp3) is 0.222. The van der Waals surface area contributed by atoms with Crippen molar-refractivity contribution in [2.75, 3.05) is 13.2 Å². The standard InChI is InChI=1S/C27H27FN2O4S/c1-3-34-24-9-12-26-21(17-24)16-22(27(31)29-26)18-30(14-13-20-6-4-5-19(2)15-20)35(32,33)25-10-7-23(28)8-11-25/h4-12,15-17H,3,13-14,18H2,1-2H3,(H,29,31). The minimum atomic E-state index is -3.99. The van der Waals surface area contributed by atoms with Gasteiger partial charge in [0.15, 0.2) is 0 Å². The lowest BCUT2D eigenvalue weighted by Gasteiger charge is -2.22. The molecule has 6 nitrogen and oxygen atoms in total. The van der Waals surface area contributed by atoms with Gasteiger partial charge in [0, 0.05) is 29.6 Å². The van der Waals surface area contributed by atoms with Crippen LogP contribution in [0, 0.1) is 12.7 Å². The molecule has 1 aromatic heterocycles. The third-order valence-electron chi connectivity index (χ3n) is 5.73. The first-order valence-corrected chi connectivity index (χ1v) is 12.8. The minimum absolute atomic E-state index is 0.0287. The van der Waals surface area contributed by atoms with Crippen LogP contribution in [-0.4, -0.2) is 30.9 Å². The molecule has 1 N–H and O–H groups in total. The summed E-state index contributed by atoms with van der Waals surface area (Å²) in [5, 5.41) is 0.739. The third-order valence-corrected chi connectivity index (χ3v) is 7.59. The Kier molecular flexibility index (Phi) is 7.33. The molecule has 35 heavy (non-hydrogen) atoms. The molecular formula is C27H27FN2O4S. The zero-order chi connectivity index (χ0) is 25.0. The average molecular weight is 495 g/mol. The highest BCUT2D eigenvalue weighted by Crippen LogP contribution is 2.22. The van der Waals surface area contributed by atoms with Crippen molar-refractivity contribution in [3.8, 4) is 5.75 Å². The molecule has 182 valence electrons. The number of sulfonamides is 1. The summed E-state index contributed by atoms with van der Waals surface area (Å²) in [5.74, 6) is 0.138. The molecule has 1 heterocycles. The van der Waals surface area contributed by atoms with E-state index < -0.39 is 15.8 Å². The molecule has 0 aliphatic carbocycles. The summed E-state index contributed by atoms with van der Waals surface area (Å²) in [4.78, 5) is 15.7. The maximum Gasteiger partial charge on any atom is 0.252 e. The summed E-state index contributed by atoms with van der Waals surface area (Å²) < 4.78 is 47.3. The van der Waals surface area contributed by atoms with E-state index in [2.05, 4.69) is 4.98 Å². The van der Waals surface area contributed by atoms with E-state index in [1.807, 2.05) is 44.2 Å². The molecule has 3 aromatic carbocycles. The molecule has 0 fully saturated rings. The van der Waals surface area contributed by atoms with Gasteiger partial charge in [0.05, 0.1) is 11.5 Å². The maximum absolute atomic E-state index is 13.5. The number of rotatable bonds is 9. The number of hydrogen-bond acceptors (Lipinski definition) is 4. The van der Waals surface area contributed by atoms with E-state index in [4.69, 9.17) is 4.74 Å². The Morgan fingerprint density at radius 2 is 1.77 bits per heavy atom. The van der Waals surface area contributed by atoms with Crippen LogP contribution in [0.15, 0.2) is 82.5 Å². The lowest BCUT2D eigenvalue weighted by Crippen LogP contribution is -2.34. The Bertz CT molecular complexity index is 1500. The Morgan fingerprint density at radius 1 is 1.00 bits per heavy atom. The number of nitrogens with zero attached hydrogens (tertiary/aromatic N) is 1. The fourth-order valence-electron chi connectivity index (χ4n) is 3.96. The second-order valence-electron chi connectivity index (χ2n) is 8.34. The van der Waals surface area contributed by atoms with Crippen molar-refractivity contribution in [3.63, 3.8) is 0 Å². The predicted molar refractivity (Wildman–Crippen MR) is 135 cm³/mol. The molecule has 0 spiro atoms. The first-order chi connectivity index (χ1) is 16.8. The lowest BCUT2D eigenvalue weighted by atomic mass is 10.1. The predicted octanol–water partition coefficient (Wildman–Crippen LogP) is 4.81. The molecule has 0 bridgehead atoms. The van der Waals surface area contributed by atoms with Crippen molar-refractivity contribution in [3.05, 3.63) is 106 Å². The van der Waals surface area contributed by atoms with Crippen LogP contribution in [-0.2, 0) is 23.0 Å². The number of halogens is 1. The molecule has 4 rings (SSSR count). The van der Waals surface area contributed by atoms with Gasteiger partial charge in [0.1, 0.15) is 11.6 Å². The Hall–Kier alpha value is -3.49. The number of aryl methyl sites for hydroxylation is 1. The molecule has 4 aromatic rings.